The first-order valence-corrected chi connectivity index (χ1v) is 6.05. The van der Waals surface area contributed by atoms with Gasteiger partial charge in [-0.1, -0.05) is 12.1 Å². The molecule has 0 atom stereocenters. The first kappa shape index (κ1) is 14.4. The van der Waals surface area contributed by atoms with Gasteiger partial charge in [-0.2, -0.15) is 0 Å². The smallest absolute Gasteiger partial charge is 0.149 e. The van der Waals surface area contributed by atoms with Gasteiger partial charge in [-0.05, 0) is 35.4 Å². The van der Waals surface area contributed by atoms with Gasteiger partial charge in [0.2, 0.25) is 0 Å². The molecule has 0 aliphatic rings. The van der Waals surface area contributed by atoms with Gasteiger partial charge in [-0.3, -0.25) is 0 Å². The minimum atomic E-state index is -0.737. The highest BCUT2D eigenvalue weighted by Crippen LogP contribution is 2.25. The summed E-state index contributed by atoms with van der Waals surface area (Å²) in [5.74, 6) is -1.83. The molecule has 2 rings (SSSR count). The SMILES string of the molecule is CN(Cc1ccc(F)cc1)c1c(F)cc(CO)cc1F. The van der Waals surface area contributed by atoms with E-state index in [9.17, 15) is 13.2 Å². The lowest BCUT2D eigenvalue weighted by molar-refractivity contribution is 0.280. The third-order valence-corrected chi connectivity index (χ3v) is 2.97. The van der Waals surface area contributed by atoms with Crippen LogP contribution in [0.15, 0.2) is 36.4 Å². The Labute approximate surface area is 115 Å². The zero-order valence-electron chi connectivity index (χ0n) is 10.9. The third kappa shape index (κ3) is 3.11. The predicted octanol–water partition coefficient (Wildman–Crippen LogP) is 3.23. The van der Waals surface area contributed by atoms with E-state index < -0.39 is 18.2 Å². The lowest BCUT2D eigenvalue weighted by Crippen LogP contribution is -2.19. The highest BCUT2D eigenvalue weighted by molar-refractivity contribution is 5.50. The topological polar surface area (TPSA) is 23.5 Å². The van der Waals surface area contributed by atoms with Crippen LogP contribution < -0.4 is 4.90 Å². The van der Waals surface area contributed by atoms with Crippen LogP contribution in [0.3, 0.4) is 0 Å². The van der Waals surface area contributed by atoms with Gasteiger partial charge in [0.1, 0.15) is 23.1 Å². The Morgan fingerprint density at radius 1 is 0.950 bits per heavy atom. The molecule has 2 aromatic carbocycles. The molecule has 1 N–H and O–H groups in total. The number of hydrogen-bond donors (Lipinski definition) is 1. The number of benzene rings is 2. The molecule has 0 saturated heterocycles. The van der Waals surface area contributed by atoms with E-state index in [1.54, 1.807) is 19.2 Å². The summed E-state index contributed by atoms with van der Waals surface area (Å²) in [6.07, 6.45) is 0. The number of rotatable bonds is 4. The molecule has 0 spiro atoms. The summed E-state index contributed by atoms with van der Waals surface area (Å²) in [6, 6.07) is 7.90. The summed E-state index contributed by atoms with van der Waals surface area (Å²) < 4.78 is 40.5. The summed E-state index contributed by atoms with van der Waals surface area (Å²) in [5, 5.41) is 8.89. The summed E-state index contributed by atoms with van der Waals surface area (Å²) in [6.45, 7) is -0.178. The van der Waals surface area contributed by atoms with Crippen molar-refractivity contribution in [1.29, 1.82) is 0 Å². The Balaban J connectivity index is 2.25. The molecule has 0 heterocycles. The Kier molecular flexibility index (Phi) is 4.29. The second-order valence-electron chi connectivity index (χ2n) is 4.55. The number of halogens is 3. The van der Waals surface area contributed by atoms with E-state index >= 15 is 0 Å². The van der Waals surface area contributed by atoms with Crippen molar-refractivity contribution in [2.45, 2.75) is 13.2 Å². The van der Waals surface area contributed by atoms with E-state index in [1.807, 2.05) is 0 Å². The van der Waals surface area contributed by atoms with Crippen molar-refractivity contribution < 1.29 is 18.3 Å². The van der Waals surface area contributed by atoms with E-state index in [1.165, 1.54) is 17.0 Å². The van der Waals surface area contributed by atoms with Gasteiger partial charge in [0.15, 0.2) is 0 Å². The number of anilines is 1. The van der Waals surface area contributed by atoms with Crippen LogP contribution in [0.4, 0.5) is 18.9 Å². The molecule has 106 valence electrons. The van der Waals surface area contributed by atoms with Crippen molar-refractivity contribution in [2.24, 2.45) is 0 Å². The van der Waals surface area contributed by atoms with Gasteiger partial charge in [0.25, 0.3) is 0 Å². The molecule has 0 amide bonds. The Hall–Kier alpha value is -2.01. The standard InChI is InChI=1S/C15H14F3NO/c1-19(8-10-2-4-12(16)5-3-10)15-13(17)6-11(9-20)7-14(15)18/h2-7,20H,8-9H2,1H3. The second kappa shape index (κ2) is 5.96. The van der Waals surface area contributed by atoms with Crippen molar-refractivity contribution in [2.75, 3.05) is 11.9 Å². The molecule has 20 heavy (non-hydrogen) atoms. The van der Waals surface area contributed by atoms with Crippen molar-refractivity contribution in [3.05, 3.63) is 65.0 Å². The zero-order chi connectivity index (χ0) is 14.7. The van der Waals surface area contributed by atoms with Crippen LogP contribution in [-0.2, 0) is 13.2 Å². The minimum absolute atomic E-state index is 0.175. The van der Waals surface area contributed by atoms with Crippen molar-refractivity contribution in [1.82, 2.24) is 0 Å². The lowest BCUT2D eigenvalue weighted by atomic mass is 10.1. The quantitative estimate of drug-likeness (QED) is 0.930. The highest BCUT2D eigenvalue weighted by atomic mass is 19.1. The molecular formula is C15H14F3NO. The number of nitrogens with zero attached hydrogens (tertiary/aromatic N) is 1. The number of hydrogen-bond acceptors (Lipinski definition) is 2. The van der Waals surface area contributed by atoms with E-state index in [-0.39, 0.29) is 23.6 Å². The number of aliphatic hydroxyl groups excluding tert-OH is 1. The molecule has 0 radical (unpaired) electrons. The molecule has 0 saturated carbocycles. The maximum Gasteiger partial charge on any atom is 0.149 e. The van der Waals surface area contributed by atoms with Gasteiger partial charge in [0, 0.05) is 13.6 Å². The minimum Gasteiger partial charge on any atom is -0.392 e. The summed E-state index contributed by atoms with van der Waals surface area (Å²) in [7, 11) is 1.55. The van der Waals surface area contributed by atoms with E-state index in [4.69, 9.17) is 5.11 Å². The molecule has 2 aromatic rings. The van der Waals surface area contributed by atoms with Crippen LogP contribution >= 0.6 is 0 Å². The maximum atomic E-state index is 13.9. The fourth-order valence-electron chi connectivity index (χ4n) is 2.02. The first-order chi connectivity index (χ1) is 9.51. The van der Waals surface area contributed by atoms with Gasteiger partial charge in [-0.15, -0.1) is 0 Å². The Bertz CT molecular complexity index is 576. The predicted molar refractivity (Wildman–Crippen MR) is 70.8 cm³/mol. The van der Waals surface area contributed by atoms with Gasteiger partial charge >= 0.3 is 0 Å². The number of aliphatic hydroxyl groups is 1. The molecule has 0 aliphatic carbocycles. The maximum absolute atomic E-state index is 13.9. The molecule has 0 aliphatic heterocycles. The molecule has 0 aromatic heterocycles. The van der Waals surface area contributed by atoms with Gasteiger partial charge in [-0.25, -0.2) is 13.2 Å². The molecule has 5 heteroatoms. The van der Waals surface area contributed by atoms with Crippen LogP contribution in [0, 0.1) is 17.5 Å². The summed E-state index contributed by atoms with van der Waals surface area (Å²) in [5.41, 5.74) is 0.740. The Morgan fingerprint density at radius 3 is 2.00 bits per heavy atom. The third-order valence-electron chi connectivity index (χ3n) is 2.97. The van der Waals surface area contributed by atoms with Crippen LogP contribution in [0.5, 0.6) is 0 Å². The molecule has 0 unspecified atom stereocenters. The fourth-order valence-corrected chi connectivity index (χ4v) is 2.02. The van der Waals surface area contributed by atoms with Crippen molar-refractivity contribution >= 4 is 5.69 Å². The van der Waals surface area contributed by atoms with Gasteiger partial charge in [0.05, 0.1) is 6.61 Å². The highest BCUT2D eigenvalue weighted by Gasteiger charge is 2.15. The molecule has 2 nitrogen and oxygen atoms in total. The van der Waals surface area contributed by atoms with Crippen molar-refractivity contribution in [3.8, 4) is 0 Å². The average Bonchev–Trinajstić information content (AvgIpc) is 2.40. The second-order valence-corrected chi connectivity index (χ2v) is 4.55. The van der Waals surface area contributed by atoms with Crippen LogP contribution in [0.2, 0.25) is 0 Å². The van der Waals surface area contributed by atoms with Crippen LogP contribution in [0.1, 0.15) is 11.1 Å². The van der Waals surface area contributed by atoms with Gasteiger partial charge < -0.3 is 10.0 Å². The van der Waals surface area contributed by atoms with Crippen LogP contribution in [0.25, 0.3) is 0 Å². The monoisotopic (exact) mass is 281 g/mol. The lowest BCUT2D eigenvalue weighted by Gasteiger charge is -2.21. The van der Waals surface area contributed by atoms with E-state index in [0.717, 1.165) is 17.7 Å². The summed E-state index contributed by atoms with van der Waals surface area (Å²) >= 11 is 0. The average molecular weight is 281 g/mol. The van der Waals surface area contributed by atoms with Crippen molar-refractivity contribution in [3.63, 3.8) is 0 Å². The summed E-state index contributed by atoms with van der Waals surface area (Å²) in [4.78, 5) is 1.40. The zero-order valence-corrected chi connectivity index (χ0v) is 10.9. The van der Waals surface area contributed by atoms with Crippen LogP contribution in [-0.4, -0.2) is 12.2 Å². The normalized spacial score (nSPS) is 10.7. The molecular weight excluding hydrogens is 267 g/mol. The van der Waals surface area contributed by atoms with E-state index in [0.29, 0.717) is 0 Å². The molecule has 0 bridgehead atoms. The Morgan fingerprint density at radius 2 is 1.50 bits per heavy atom. The first-order valence-electron chi connectivity index (χ1n) is 6.05. The largest absolute Gasteiger partial charge is 0.392 e. The fraction of sp³-hybridized carbons (Fsp3) is 0.200. The molecule has 0 fully saturated rings. The van der Waals surface area contributed by atoms with E-state index in [2.05, 4.69) is 0 Å².